The van der Waals surface area contributed by atoms with E-state index in [4.69, 9.17) is 4.74 Å². The number of guanidine groups is 1. The molecule has 1 fully saturated rings. The van der Waals surface area contributed by atoms with E-state index >= 15 is 0 Å². The van der Waals surface area contributed by atoms with Gasteiger partial charge in [0.15, 0.2) is 5.96 Å². The molecule has 0 spiro atoms. The maximum atomic E-state index is 13.0. The number of aliphatic imine (C=N–C) groups is 1. The van der Waals surface area contributed by atoms with Crippen LogP contribution in [-0.2, 0) is 4.74 Å². The van der Waals surface area contributed by atoms with E-state index in [1.807, 2.05) is 19.2 Å². The van der Waals surface area contributed by atoms with Crippen molar-refractivity contribution in [1.82, 2.24) is 10.2 Å². The summed E-state index contributed by atoms with van der Waals surface area (Å²) in [4.78, 5) is 8.87. The van der Waals surface area contributed by atoms with Crippen LogP contribution in [0.15, 0.2) is 29.3 Å². The highest BCUT2D eigenvalue weighted by Crippen LogP contribution is 2.16. The second-order valence-electron chi connectivity index (χ2n) is 5.27. The molecule has 1 aromatic carbocycles. The number of hydrogen-bond acceptors (Lipinski definition) is 3. The number of halogens is 1. The van der Waals surface area contributed by atoms with Crippen molar-refractivity contribution < 1.29 is 9.13 Å². The Balaban J connectivity index is 1.81. The highest BCUT2D eigenvalue weighted by Gasteiger charge is 2.19. The van der Waals surface area contributed by atoms with Gasteiger partial charge in [-0.25, -0.2) is 4.39 Å². The van der Waals surface area contributed by atoms with E-state index < -0.39 is 0 Å². The zero-order valence-electron chi connectivity index (χ0n) is 13.4. The van der Waals surface area contributed by atoms with E-state index in [0.717, 1.165) is 57.4 Å². The molecule has 0 atom stereocenters. The van der Waals surface area contributed by atoms with Crippen LogP contribution in [0.2, 0.25) is 0 Å². The van der Waals surface area contributed by atoms with E-state index in [1.165, 1.54) is 12.1 Å². The molecule has 0 aromatic heterocycles. The molecule has 0 bridgehead atoms. The zero-order valence-corrected chi connectivity index (χ0v) is 13.4. The number of hydrogen-bond donors (Lipinski definition) is 1. The Morgan fingerprint density at radius 1 is 1.23 bits per heavy atom. The highest BCUT2D eigenvalue weighted by atomic mass is 19.1. The smallest absolute Gasteiger partial charge is 0.193 e. The second kappa shape index (κ2) is 8.58. The van der Waals surface area contributed by atoms with Gasteiger partial charge in [-0.1, -0.05) is 0 Å². The standard InChI is InChI=1S/C16H25FN4O/c1-18-16(19-8-3-13-22-2)21-11-9-20(10-12-21)15-6-4-14(17)5-7-15/h4-7H,3,8-13H2,1-2H3,(H,18,19). The third-order valence-electron chi connectivity index (χ3n) is 3.79. The van der Waals surface area contributed by atoms with Crippen LogP contribution in [0, 0.1) is 5.82 Å². The summed E-state index contributed by atoms with van der Waals surface area (Å²) in [6.07, 6.45) is 0.963. The first-order valence-electron chi connectivity index (χ1n) is 7.69. The van der Waals surface area contributed by atoms with Crippen molar-refractivity contribution >= 4 is 11.6 Å². The van der Waals surface area contributed by atoms with Gasteiger partial charge in [0.1, 0.15) is 5.82 Å². The molecule has 0 unspecified atom stereocenters. The molecule has 6 heteroatoms. The van der Waals surface area contributed by atoms with Crippen molar-refractivity contribution in [3.63, 3.8) is 0 Å². The van der Waals surface area contributed by atoms with Crippen molar-refractivity contribution in [1.29, 1.82) is 0 Å². The second-order valence-corrected chi connectivity index (χ2v) is 5.27. The summed E-state index contributed by atoms with van der Waals surface area (Å²) < 4.78 is 18.0. The van der Waals surface area contributed by atoms with Gasteiger partial charge in [0.2, 0.25) is 0 Å². The Labute approximate surface area is 131 Å². The lowest BCUT2D eigenvalue weighted by Crippen LogP contribution is -2.52. The van der Waals surface area contributed by atoms with Crippen LogP contribution < -0.4 is 10.2 Å². The van der Waals surface area contributed by atoms with Crippen molar-refractivity contribution in [2.24, 2.45) is 4.99 Å². The predicted octanol–water partition coefficient (Wildman–Crippen LogP) is 1.56. The van der Waals surface area contributed by atoms with E-state index in [1.54, 1.807) is 7.11 Å². The first-order chi connectivity index (χ1) is 10.7. The molecule has 1 heterocycles. The quantitative estimate of drug-likeness (QED) is 0.509. The van der Waals surface area contributed by atoms with Gasteiger partial charge in [-0.15, -0.1) is 0 Å². The molecular formula is C16H25FN4O. The molecule has 122 valence electrons. The molecular weight excluding hydrogens is 283 g/mol. The van der Waals surface area contributed by atoms with Crippen molar-refractivity contribution in [2.45, 2.75) is 6.42 Å². The van der Waals surface area contributed by atoms with Crippen LogP contribution in [0.5, 0.6) is 0 Å². The molecule has 2 rings (SSSR count). The fourth-order valence-electron chi connectivity index (χ4n) is 2.58. The highest BCUT2D eigenvalue weighted by molar-refractivity contribution is 5.80. The summed E-state index contributed by atoms with van der Waals surface area (Å²) in [5, 5.41) is 3.36. The lowest BCUT2D eigenvalue weighted by Gasteiger charge is -2.37. The van der Waals surface area contributed by atoms with Crippen LogP contribution in [0.3, 0.4) is 0 Å². The number of anilines is 1. The molecule has 1 aliphatic rings. The maximum Gasteiger partial charge on any atom is 0.193 e. The summed E-state index contributed by atoms with van der Waals surface area (Å²) in [6.45, 7) is 5.23. The Morgan fingerprint density at radius 2 is 1.91 bits per heavy atom. The lowest BCUT2D eigenvalue weighted by atomic mass is 10.2. The summed E-state index contributed by atoms with van der Waals surface area (Å²) in [6, 6.07) is 6.70. The van der Waals surface area contributed by atoms with E-state index in [9.17, 15) is 4.39 Å². The summed E-state index contributed by atoms with van der Waals surface area (Å²) in [5.74, 6) is 0.748. The Hall–Kier alpha value is -1.82. The lowest BCUT2D eigenvalue weighted by molar-refractivity contribution is 0.195. The third kappa shape index (κ3) is 4.59. The van der Waals surface area contributed by atoms with E-state index in [0.29, 0.717) is 0 Å². The number of nitrogens with one attached hydrogen (secondary N) is 1. The van der Waals surface area contributed by atoms with Gasteiger partial charge in [0.05, 0.1) is 0 Å². The molecule has 0 radical (unpaired) electrons. The van der Waals surface area contributed by atoms with Gasteiger partial charge in [-0.05, 0) is 30.7 Å². The minimum atomic E-state index is -0.192. The number of rotatable bonds is 5. The third-order valence-corrected chi connectivity index (χ3v) is 3.79. The van der Waals surface area contributed by atoms with Crippen molar-refractivity contribution in [3.8, 4) is 0 Å². The fourth-order valence-corrected chi connectivity index (χ4v) is 2.58. The Morgan fingerprint density at radius 3 is 2.50 bits per heavy atom. The number of methoxy groups -OCH3 is 1. The van der Waals surface area contributed by atoms with Gasteiger partial charge >= 0.3 is 0 Å². The molecule has 1 saturated heterocycles. The average Bonchev–Trinajstić information content (AvgIpc) is 2.56. The van der Waals surface area contributed by atoms with Gasteiger partial charge in [0, 0.05) is 59.2 Å². The summed E-state index contributed by atoms with van der Waals surface area (Å²) in [7, 11) is 3.52. The fraction of sp³-hybridized carbons (Fsp3) is 0.562. The number of benzene rings is 1. The normalized spacial score (nSPS) is 16.0. The zero-order chi connectivity index (χ0) is 15.8. The summed E-state index contributed by atoms with van der Waals surface area (Å²) >= 11 is 0. The minimum absolute atomic E-state index is 0.192. The maximum absolute atomic E-state index is 13.0. The molecule has 0 amide bonds. The molecule has 5 nitrogen and oxygen atoms in total. The molecule has 0 aliphatic carbocycles. The predicted molar refractivity (Wildman–Crippen MR) is 88.0 cm³/mol. The number of nitrogens with zero attached hydrogens (tertiary/aromatic N) is 3. The largest absolute Gasteiger partial charge is 0.385 e. The first kappa shape index (κ1) is 16.5. The van der Waals surface area contributed by atoms with E-state index in [2.05, 4.69) is 20.1 Å². The average molecular weight is 308 g/mol. The number of piperazine rings is 1. The van der Waals surface area contributed by atoms with Gasteiger partial charge in [0.25, 0.3) is 0 Å². The van der Waals surface area contributed by atoms with Crippen LogP contribution in [0.4, 0.5) is 10.1 Å². The minimum Gasteiger partial charge on any atom is -0.385 e. The van der Waals surface area contributed by atoms with Crippen LogP contribution in [-0.4, -0.2) is 64.3 Å². The van der Waals surface area contributed by atoms with Crippen molar-refractivity contribution in [3.05, 3.63) is 30.1 Å². The molecule has 1 aliphatic heterocycles. The van der Waals surface area contributed by atoms with Gasteiger partial charge in [-0.3, -0.25) is 4.99 Å². The molecule has 1 N–H and O–H groups in total. The topological polar surface area (TPSA) is 40.1 Å². The van der Waals surface area contributed by atoms with Crippen LogP contribution in [0.25, 0.3) is 0 Å². The molecule has 0 saturated carbocycles. The monoisotopic (exact) mass is 308 g/mol. The SMILES string of the molecule is CN=C(NCCCOC)N1CCN(c2ccc(F)cc2)CC1. The Bertz CT molecular complexity index is 470. The van der Waals surface area contributed by atoms with Crippen LogP contribution in [0.1, 0.15) is 6.42 Å². The van der Waals surface area contributed by atoms with E-state index in [-0.39, 0.29) is 5.82 Å². The summed E-state index contributed by atoms with van der Waals surface area (Å²) in [5.41, 5.74) is 1.07. The van der Waals surface area contributed by atoms with Gasteiger partial charge in [-0.2, -0.15) is 0 Å². The number of ether oxygens (including phenoxy) is 1. The molecule has 22 heavy (non-hydrogen) atoms. The van der Waals surface area contributed by atoms with Crippen LogP contribution >= 0.6 is 0 Å². The van der Waals surface area contributed by atoms with Crippen molar-refractivity contribution in [2.75, 3.05) is 58.4 Å². The Kier molecular flexibility index (Phi) is 6.45. The molecule has 1 aromatic rings. The first-order valence-corrected chi connectivity index (χ1v) is 7.69. The van der Waals surface area contributed by atoms with Gasteiger partial charge < -0.3 is 19.9 Å².